The summed E-state index contributed by atoms with van der Waals surface area (Å²) >= 11 is 0. The molecule has 0 bridgehead atoms. The van der Waals surface area contributed by atoms with Crippen molar-refractivity contribution in [3.63, 3.8) is 0 Å². The maximum absolute atomic E-state index is 13.4. The Bertz CT molecular complexity index is 671. The Hall–Kier alpha value is -2.89. The van der Waals surface area contributed by atoms with Crippen LogP contribution >= 0.6 is 0 Å². The van der Waals surface area contributed by atoms with Crippen molar-refractivity contribution in [1.29, 1.82) is 0 Å². The largest absolute Gasteiger partial charge is 0.497 e. The molecule has 0 unspecified atom stereocenters. The van der Waals surface area contributed by atoms with Gasteiger partial charge in [-0.15, -0.1) is 0 Å². The van der Waals surface area contributed by atoms with Crippen LogP contribution in [0.25, 0.3) is 0 Å². The van der Waals surface area contributed by atoms with Crippen molar-refractivity contribution in [2.45, 2.75) is 6.42 Å². The fourth-order valence-electron chi connectivity index (χ4n) is 1.81. The molecule has 2 amide bonds. The van der Waals surface area contributed by atoms with Gasteiger partial charge in [0.2, 0.25) is 5.91 Å². The van der Waals surface area contributed by atoms with Crippen LogP contribution in [-0.2, 0) is 11.2 Å². The molecule has 6 heteroatoms. The molecule has 114 valence electrons. The van der Waals surface area contributed by atoms with Gasteiger partial charge in [-0.25, -0.2) is 4.39 Å². The normalized spacial score (nSPS) is 9.91. The van der Waals surface area contributed by atoms with Crippen LogP contribution in [0.1, 0.15) is 15.9 Å². The number of carbonyl (C=O) groups excluding carboxylic acids is 2. The van der Waals surface area contributed by atoms with Gasteiger partial charge in [-0.3, -0.25) is 20.4 Å². The molecule has 2 aromatic rings. The summed E-state index contributed by atoms with van der Waals surface area (Å²) in [5, 5.41) is 0. The Kier molecular flexibility index (Phi) is 5.08. The van der Waals surface area contributed by atoms with Crippen LogP contribution < -0.4 is 15.6 Å². The third-order valence-corrected chi connectivity index (χ3v) is 2.96. The molecule has 0 aliphatic rings. The average Bonchev–Trinajstić information content (AvgIpc) is 2.54. The van der Waals surface area contributed by atoms with E-state index in [-0.39, 0.29) is 12.0 Å². The first-order chi connectivity index (χ1) is 10.6. The summed E-state index contributed by atoms with van der Waals surface area (Å²) in [6, 6.07) is 12.5. The number of hydrogen-bond acceptors (Lipinski definition) is 3. The van der Waals surface area contributed by atoms with Gasteiger partial charge in [0.05, 0.1) is 19.1 Å². The Morgan fingerprint density at radius 2 is 1.73 bits per heavy atom. The van der Waals surface area contributed by atoms with E-state index in [9.17, 15) is 14.0 Å². The van der Waals surface area contributed by atoms with Crippen molar-refractivity contribution in [3.8, 4) is 5.75 Å². The molecule has 0 heterocycles. The number of rotatable bonds is 4. The molecule has 5 nitrogen and oxygen atoms in total. The first-order valence-electron chi connectivity index (χ1n) is 6.57. The van der Waals surface area contributed by atoms with Crippen LogP contribution in [0, 0.1) is 5.82 Å². The molecule has 0 radical (unpaired) electrons. The van der Waals surface area contributed by atoms with Crippen molar-refractivity contribution >= 4 is 11.8 Å². The third kappa shape index (κ3) is 4.05. The number of carbonyl (C=O) groups is 2. The summed E-state index contributed by atoms with van der Waals surface area (Å²) in [5.41, 5.74) is 5.06. The summed E-state index contributed by atoms with van der Waals surface area (Å²) in [6.45, 7) is 0. The molecule has 2 N–H and O–H groups in total. The third-order valence-electron chi connectivity index (χ3n) is 2.96. The van der Waals surface area contributed by atoms with Crippen molar-refractivity contribution in [2.24, 2.45) is 0 Å². The zero-order chi connectivity index (χ0) is 15.9. The minimum Gasteiger partial charge on any atom is -0.497 e. The summed E-state index contributed by atoms with van der Waals surface area (Å²) in [7, 11) is 1.56. The van der Waals surface area contributed by atoms with Crippen molar-refractivity contribution in [3.05, 3.63) is 65.5 Å². The lowest BCUT2D eigenvalue weighted by atomic mass is 10.1. The second-order valence-electron chi connectivity index (χ2n) is 4.51. The van der Waals surface area contributed by atoms with Gasteiger partial charge in [-0.05, 0) is 29.8 Å². The van der Waals surface area contributed by atoms with E-state index < -0.39 is 17.6 Å². The molecule has 0 saturated heterocycles. The number of halogens is 1. The van der Waals surface area contributed by atoms with Gasteiger partial charge in [0.1, 0.15) is 11.6 Å². The van der Waals surface area contributed by atoms with Gasteiger partial charge in [0, 0.05) is 0 Å². The predicted molar refractivity (Wildman–Crippen MR) is 78.7 cm³/mol. The Morgan fingerprint density at radius 1 is 1.05 bits per heavy atom. The highest BCUT2D eigenvalue weighted by atomic mass is 19.1. The van der Waals surface area contributed by atoms with Crippen molar-refractivity contribution in [1.82, 2.24) is 10.9 Å². The fourth-order valence-corrected chi connectivity index (χ4v) is 1.81. The molecule has 0 aliphatic heterocycles. The van der Waals surface area contributed by atoms with Crippen LogP contribution in [0.15, 0.2) is 48.5 Å². The van der Waals surface area contributed by atoms with E-state index in [0.717, 1.165) is 5.56 Å². The average molecular weight is 302 g/mol. The summed E-state index contributed by atoms with van der Waals surface area (Å²) in [6.07, 6.45) is 0.0849. The molecule has 0 fully saturated rings. The fraction of sp³-hybridized carbons (Fsp3) is 0.125. The lowest BCUT2D eigenvalue weighted by molar-refractivity contribution is -0.121. The smallest absolute Gasteiger partial charge is 0.272 e. The highest BCUT2D eigenvalue weighted by Crippen LogP contribution is 2.11. The molecular formula is C16H15FN2O3. The molecule has 2 aromatic carbocycles. The lowest BCUT2D eigenvalue weighted by Crippen LogP contribution is -2.42. The second kappa shape index (κ2) is 7.21. The Balaban J connectivity index is 1.87. The highest BCUT2D eigenvalue weighted by molar-refractivity contribution is 5.95. The van der Waals surface area contributed by atoms with Gasteiger partial charge in [-0.2, -0.15) is 0 Å². The Labute approximate surface area is 127 Å². The van der Waals surface area contributed by atoms with E-state index >= 15 is 0 Å². The molecule has 0 spiro atoms. The predicted octanol–water partition coefficient (Wildman–Crippen LogP) is 1.84. The number of hydrazine groups is 1. The molecular weight excluding hydrogens is 287 g/mol. The number of ether oxygens (including phenoxy) is 1. The molecule has 0 saturated carbocycles. The topological polar surface area (TPSA) is 67.4 Å². The van der Waals surface area contributed by atoms with E-state index in [1.54, 1.807) is 31.4 Å². The number of nitrogens with one attached hydrogen (secondary N) is 2. The van der Waals surface area contributed by atoms with Gasteiger partial charge in [-0.1, -0.05) is 24.3 Å². The van der Waals surface area contributed by atoms with Crippen LogP contribution in [0.5, 0.6) is 5.75 Å². The number of benzene rings is 2. The van der Waals surface area contributed by atoms with Crippen LogP contribution in [-0.4, -0.2) is 18.9 Å². The van der Waals surface area contributed by atoms with E-state index in [0.29, 0.717) is 5.75 Å². The van der Waals surface area contributed by atoms with Gasteiger partial charge < -0.3 is 4.74 Å². The summed E-state index contributed by atoms with van der Waals surface area (Å²) in [5.74, 6) is -1.07. The highest BCUT2D eigenvalue weighted by Gasteiger charge is 2.11. The number of amides is 2. The molecule has 22 heavy (non-hydrogen) atoms. The van der Waals surface area contributed by atoms with Crippen LogP contribution in [0.3, 0.4) is 0 Å². The van der Waals surface area contributed by atoms with E-state index in [2.05, 4.69) is 10.9 Å². The minimum atomic E-state index is -0.707. The van der Waals surface area contributed by atoms with E-state index in [4.69, 9.17) is 4.74 Å². The maximum atomic E-state index is 13.4. The van der Waals surface area contributed by atoms with Crippen molar-refractivity contribution in [2.75, 3.05) is 7.11 Å². The first-order valence-corrected chi connectivity index (χ1v) is 6.57. The molecule has 0 atom stereocenters. The first kappa shape index (κ1) is 15.5. The standard InChI is InChI=1S/C16H15FN2O3/c1-22-12-8-6-11(7-9-12)10-15(20)18-19-16(21)13-4-2-3-5-14(13)17/h2-9H,10H2,1H3,(H,18,20)(H,19,21). The van der Waals surface area contributed by atoms with Crippen LogP contribution in [0.4, 0.5) is 4.39 Å². The monoisotopic (exact) mass is 302 g/mol. The van der Waals surface area contributed by atoms with Gasteiger partial charge in [0.15, 0.2) is 0 Å². The summed E-state index contributed by atoms with van der Waals surface area (Å²) in [4.78, 5) is 23.5. The van der Waals surface area contributed by atoms with Gasteiger partial charge in [0.25, 0.3) is 5.91 Å². The molecule has 0 aliphatic carbocycles. The van der Waals surface area contributed by atoms with Crippen LogP contribution in [0.2, 0.25) is 0 Å². The maximum Gasteiger partial charge on any atom is 0.272 e. The zero-order valence-electron chi connectivity index (χ0n) is 11.9. The lowest BCUT2D eigenvalue weighted by Gasteiger charge is -2.08. The van der Waals surface area contributed by atoms with E-state index in [1.807, 2.05) is 0 Å². The Morgan fingerprint density at radius 3 is 2.36 bits per heavy atom. The minimum absolute atomic E-state index is 0.0849. The quantitative estimate of drug-likeness (QED) is 0.847. The molecule has 2 rings (SSSR count). The SMILES string of the molecule is COc1ccc(CC(=O)NNC(=O)c2ccccc2F)cc1. The van der Waals surface area contributed by atoms with E-state index in [1.165, 1.54) is 24.3 Å². The zero-order valence-corrected chi connectivity index (χ0v) is 11.9. The second-order valence-corrected chi connectivity index (χ2v) is 4.51. The molecule has 0 aromatic heterocycles. The van der Waals surface area contributed by atoms with Gasteiger partial charge >= 0.3 is 0 Å². The number of hydrogen-bond donors (Lipinski definition) is 2. The number of methoxy groups -OCH3 is 1. The summed E-state index contributed by atoms with van der Waals surface area (Å²) < 4.78 is 18.4. The van der Waals surface area contributed by atoms with Crippen molar-refractivity contribution < 1.29 is 18.7 Å².